The van der Waals surface area contributed by atoms with Crippen molar-refractivity contribution in [3.8, 4) is 0 Å². The lowest BCUT2D eigenvalue weighted by Gasteiger charge is -2.22. The Balaban J connectivity index is 1.12. The summed E-state index contributed by atoms with van der Waals surface area (Å²) in [6, 6.07) is 30.1. The summed E-state index contributed by atoms with van der Waals surface area (Å²) < 4.78 is 0. The molecule has 0 spiro atoms. The zero-order chi connectivity index (χ0) is 37.5. The van der Waals surface area contributed by atoms with Gasteiger partial charge in [-0.25, -0.2) is 0 Å². The van der Waals surface area contributed by atoms with Crippen molar-refractivity contribution in [2.24, 2.45) is 0 Å². The molecule has 8 heteroatoms. The van der Waals surface area contributed by atoms with E-state index in [1.54, 1.807) is 0 Å². The van der Waals surface area contributed by atoms with E-state index in [1.165, 1.54) is 22.3 Å². The molecular weight excluding hydrogens is 665 g/mol. The van der Waals surface area contributed by atoms with Crippen molar-refractivity contribution in [1.82, 2.24) is 39.7 Å². The minimum atomic E-state index is 0.706. The molecule has 0 aliphatic rings. The molecule has 0 aromatic carbocycles. The monoisotopic (exact) mass is 718 g/mol. The number of aromatic nitrogens is 6. The highest BCUT2D eigenvalue weighted by atomic mass is 15.2. The van der Waals surface area contributed by atoms with Crippen LogP contribution in [-0.4, -0.2) is 39.7 Å². The maximum Gasteiger partial charge on any atom is 0.0547 e. The first-order chi connectivity index (χ1) is 26.5. The molecule has 0 atom stereocenters. The van der Waals surface area contributed by atoms with Crippen molar-refractivity contribution in [2.75, 3.05) is 0 Å². The summed E-state index contributed by atoms with van der Waals surface area (Å²) in [5, 5.41) is 0. The highest BCUT2D eigenvalue weighted by Crippen LogP contribution is 2.16. The van der Waals surface area contributed by atoms with Gasteiger partial charge in [0.05, 0.1) is 34.2 Å². The average molecular weight is 719 g/mol. The molecule has 0 radical (unpaired) electrons. The van der Waals surface area contributed by atoms with Crippen LogP contribution in [0.3, 0.4) is 0 Å². The average Bonchev–Trinajstić information content (AvgIpc) is 3.21. The molecule has 0 aliphatic carbocycles. The molecule has 6 aromatic heterocycles. The highest BCUT2D eigenvalue weighted by molar-refractivity contribution is 5.20. The number of pyridine rings is 6. The Hall–Kier alpha value is -5.18. The van der Waals surface area contributed by atoms with Gasteiger partial charge >= 0.3 is 0 Å². The molecule has 6 heterocycles. The van der Waals surface area contributed by atoms with E-state index >= 15 is 0 Å². The first kappa shape index (κ1) is 38.5. The van der Waals surface area contributed by atoms with Gasteiger partial charge in [0, 0.05) is 75.4 Å². The first-order valence-electron chi connectivity index (χ1n) is 19.6. The molecule has 6 rings (SSSR count). The Morgan fingerprint density at radius 3 is 0.870 bits per heavy atom. The van der Waals surface area contributed by atoms with E-state index < -0.39 is 0 Å². The van der Waals surface area contributed by atoms with Gasteiger partial charge in [0.2, 0.25) is 0 Å². The molecule has 0 bridgehead atoms. The molecule has 0 saturated carbocycles. The van der Waals surface area contributed by atoms with Gasteiger partial charge in [-0.2, -0.15) is 0 Å². The topological polar surface area (TPSA) is 83.8 Å². The van der Waals surface area contributed by atoms with Crippen LogP contribution < -0.4 is 0 Å². The van der Waals surface area contributed by atoms with E-state index in [9.17, 15) is 0 Å². The normalized spacial score (nSPS) is 11.4. The second-order valence-corrected chi connectivity index (χ2v) is 14.1. The predicted octanol–water partition coefficient (Wildman–Crippen LogP) is 8.50. The quantitative estimate of drug-likeness (QED) is 0.0825. The lowest BCUT2D eigenvalue weighted by molar-refractivity contribution is 0.238. The SMILES string of the molecule is CCc1ccc(CN(Cc2ccc(CC)cn2)Cc2cccc(CCc3cccc(CN(Cc4ccc(CC)cn4)Cc4ccc(CC)cn4)n3)n2)nc1. The van der Waals surface area contributed by atoms with Gasteiger partial charge in [-0.15, -0.1) is 0 Å². The van der Waals surface area contributed by atoms with Crippen LogP contribution in [0.4, 0.5) is 0 Å². The molecule has 278 valence electrons. The largest absolute Gasteiger partial charge is 0.286 e. The summed E-state index contributed by atoms with van der Waals surface area (Å²) in [5.74, 6) is 0. The summed E-state index contributed by atoms with van der Waals surface area (Å²) in [4.78, 5) is 34.1. The fourth-order valence-corrected chi connectivity index (χ4v) is 6.51. The smallest absolute Gasteiger partial charge is 0.0547 e. The molecule has 54 heavy (non-hydrogen) atoms. The minimum Gasteiger partial charge on any atom is -0.286 e. The third-order valence-corrected chi connectivity index (χ3v) is 9.86. The Morgan fingerprint density at radius 1 is 0.333 bits per heavy atom. The van der Waals surface area contributed by atoms with Crippen molar-refractivity contribution >= 4 is 0 Å². The van der Waals surface area contributed by atoms with Crippen LogP contribution in [0.25, 0.3) is 0 Å². The number of nitrogens with zero attached hydrogens (tertiary/aromatic N) is 8. The summed E-state index contributed by atoms with van der Waals surface area (Å²) >= 11 is 0. The Labute approximate surface area is 321 Å². The van der Waals surface area contributed by atoms with Crippen molar-refractivity contribution in [3.05, 3.63) is 178 Å². The second-order valence-electron chi connectivity index (χ2n) is 14.1. The predicted molar refractivity (Wildman–Crippen MR) is 216 cm³/mol. The van der Waals surface area contributed by atoms with Crippen LogP contribution in [0, 0.1) is 0 Å². The zero-order valence-corrected chi connectivity index (χ0v) is 32.5. The zero-order valence-electron chi connectivity index (χ0n) is 32.5. The summed E-state index contributed by atoms with van der Waals surface area (Å²) in [5.41, 5.74) is 13.4. The van der Waals surface area contributed by atoms with Gasteiger partial charge in [-0.05, 0) is 109 Å². The van der Waals surface area contributed by atoms with Crippen molar-refractivity contribution in [1.29, 1.82) is 0 Å². The van der Waals surface area contributed by atoms with E-state index in [1.807, 2.05) is 24.8 Å². The number of hydrogen-bond acceptors (Lipinski definition) is 8. The van der Waals surface area contributed by atoms with Crippen LogP contribution in [0.15, 0.2) is 110 Å². The van der Waals surface area contributed by atoms with E-state index in [4.69, 9.17) is 29.9 Å². The van der Waals surface area contributed by atoms with Gasteiger partial charge in [0.15, 0.2) is 0 Å². The van der Waals surface area contributed by atoms with Crippen LogP contribution in [0.1, 0.15) is 95.5 Å². The molecule has 0 amide bonds. The summed E-state index contributed by atoms with van der Waals surface area (Å²) in [6.07, 6.45) is 13.5. The molecule has 8 nitrogen and oxygen atoms in total. The van der Waals surface area contributed by atoms with E-state index in [2.05, 4.69) is 122 Å². The van der Waals surface area contributed by atoms with Crippen LogP contribution in [-0.2, 0) is 77.8 Å². The second kappa shape index (κ2) is 19.8. The first-order valence-corrected chi connectivity index (χ1v) is 19.6. The Bertz CT molecular complexity index is 1760. The standard InChI is InChI=1S/C46H54N8/c1-5-35-15-19-41(47-25-35)29-53(30-42-20-16-36(6-2)26-48-42)33-45-13-9-11-39(51-45)23-24-40-12-10-14-46(52-40)34-54(31-43-21-17-37(7-3)27-49-43)32-44-22-18-38(8-4)28-50-44/h9-22,25-28H,5-8,23-24,29-34H2,1-4H3. The summed E-state index contributed by atoms with van der Waals surface area (Å²) in [7, 11) is 0. The molecule has 6 aromatic rings. The minimum absolute atomic E-state index is 0.706. The number of rotatable bonds is 19. The molecule has 0 aliphatic heterocycles. The van der Waals surface area contributed by atoms with E-state index in [0.717, 1.165) is 110 Å². The van der Waals surface area contributed by atoms with Crippen molar-refractivity contribution < 1.29 is 0 Å². The van der Waals surface area contributed by atoms with Gasteiger partial charge < -0.3 is 0 Å². The van der Waals surface area contributed by atoms with Crippen molar-refractivity contribution in [3.63, 3.8) is 0 Å². The van der Waals surface area contributed by atoms with Crippen LogP contribution >= 0.6 is 0 Å². The summed E-state index contributed by atoms with van der Waals surface area (Å²) in [6.45, 7) is 12.9. The maximum absolute atomic E-state index is 5.12. The molecular formula is C46H54N8. The van der Waals surface area contributed by atoms with Crippen LogP contribution in [0.2, 0.25) is 0 Å². The van der Waals surface area contributed by atoms with Gasteiger partial charge in [0.1, 0.15) is 0 Å². The molecule has 0 saturated heterocycles. The van der Waals surface area contributed by atoms with E-state index in [-0.39, 0.29) is 0 Å². The molecule has 0 unspecified atom stereocenters. The fraction of sp³-hybridized carbons (Fsp3) is 0.348. The Kier molecular flexibility index (Phi) is 14.1. The number of hydrogen-bond donors (Lipinski definition) is 0. The number of aryl methyl sites for hydroxylation is 6. The lowest BCUT2D eigenvalue weighted by Crippen LogP contribution is -2.24. The Morgan fingerprint density at radius 2 is 0.611 bits per heavy atom. The highest BCUT2D eigenvalue weighted by Gasteiger charge is 2.14. The van der Waals surface area contributed by atoms with Gasteiger partial charge in [0.25, 0.3) is 0 Å². The lowest BCUT2D eigenvalue weighted by atomic mass is 10.1. The fourth-order valence-electron chi connectivity index (χ4n) is 6.51. The molecule has 0 fully saturated rings. The maximum atomic E-state index is 5.12. The van der Waals surface area contributed by atoms with Gasteiger partial charge in [-0.1, -0.05) is 64.1 Å². The molecule has 0 N–H and O–H groups in total. The third kappa shape index (κ3) is 11.7. The van der Waals surface area contributed by atoms with Gasteiger partial charge in [-0.3, -0.25) is 39.7 Å². The van der Waals surface area contributed by atoms with Crippen LogP contribution in [0.5, 0.6) is 0 Å². The van der Waals surface area contributed by atoms with Crippen molar-refractivity contribution in [2.45, 2.75) is 105 Å². The third-order valence-electron chi connectivity index (χ3n) is 9.86. The van der Waals surface area contributed by atoms with E-state index in [0.29, 0.717) is 13.1 Å².